The Labute approximate surface area is 146 Å². The number of nitrogens with one attached hydrogen (secondary N) is 1. The van der Waals surface area contributed by atoms with Gasteiger partial charge in [-0.3, -0.25) is 9.59 Å². The molecule has 1 saturated heterocycles. The van der Waals surface area contributed by atoms with Gasteiger partial charge in [0.15, 0.2) is 11.6 Å². The molecule has 2 aliphatic rings. The standard InChI is InChI=1S/C18H23F2N3O2/c19-15-6-5-13(11-16(15)20)18(25)23(14-3-1-2-4-14)12-17(24)22-9-7-21-8-10-22/h5-6,11,14,21H,1-4,7-10,12H2. The van der Waals surface area contributed by atoms with Crippen LogP contribution in [0, 0.1) is 11.6 Å². The molecule has 25 heavy (non-hydrogen) atoms. The Morgan fingerprint density at radius 1 is 1.12 bits per heavy atom. The lowest BCUT2D eigenvalue weighted by atomic mass is 10.1. The molecule has 2 amide bonds. The number of benzene rings is 1. The molecule has 3 rings (SSSR count). The molecule has 0 unspecified atom stereocenters. The van der Waals surface area contributed by atoms with Crippen molar-refractivity contribution >= 4 is 11.8 Å². The molecule has 0 bridgehead atoms. The van der Waals surface area contributed by atoms with Crippen molar-refractivity contribution in [3.63, 3.8) is 0 Å². The summed E-state index contributed by atoms with van der Waals surface area (Å²) in [5.74, 6) is -2.54. The first-order chi connectivity index (χ1) is 12.1. The van der Waals surface area contributed by atoms with Gasteiger partial charge in [-0.1, -0.05) is 12.8 Å². The third kappa shape index (κ3) is 4.15. The Kier molecular flexibility index (Phi) is 5.63. The number of hydrogen-bond acceptors (Lipinski definition) is 3. The van der Waals surface area contributed by atoms with Crippen LogP contribution in [0.5, 0.6) is 0 Å². The fraction of sp³-hybridized carbons (Fsp3) is 0.556. The van der Waals surface area contributed by atoms with Gasteiger partial charge in [-0.15, -0.1) is 0 Å². The summed E-state index contributed by atoms with van der Waals surface area (Å²) in [4.78, 5) is 28.8. The first-order valence-electron chi connectivity index (χ1n) is 8.81. The SMILES string of the molecule is O=C(CN(C(=O)c1ccc(F)c(F)c1)C1CCCC1)N1CCNCC1. The van der Waals surface area contributed by atoms with Gasteiger partial charge in [0, 0.05) is 37.8 Å². The van der Waals surface area contributed by atoms with Crippen LogP contribution in [-0.4, -0.2) is 60.4 Å². The monoisotopic (exact) mass is 351 g/mol. The van der Waals surface area contributed by atoms with E-state index in [1.54, 1.807) is 9.80 Å². The molecule has 1 N–H and O–H groups in total. The van der Waals surface area contributed by atoms with Gasteiger partial charge in [-0.05, 0) is 31.0 Å². The lowest BCUT2D eigenvalue weighted by molar-refractivity contribution is -0.132. The molecule has 1 aliphatic carbocycles. The van der Waals surface area contributed by atoms with E-state index < -0.39 is 17.5 Å². The van der Waals surface area contributed by atoms with E-state index in [-0.39, 0.29) is 24.1 Å². The topological polar surface area (TPSA) is 52.7 Å². The van der Waals surface area contributed by atoms with Gasteiger partial charge in [-0.25, -0.2) is 8.78 Å². The van der Waals surface area contributed by atoms with E-state index in [0.717, 1.165) is 50.9 Å². The smallest absolute Gasteiger partial charge is 0.254 e. The summed E-state index contributed by atoms with van der Waals surface area (Å²) < 4.78 is 26.7. The predicted molar refractivity (Wildman–Crippen MR) is 89.1 cm³/mol. The Bertz CT molecular complexity index is 641. The van der Waals surface area contributed by atoms with Gasteiger partial charge in [0.1, 0.15) is 6.54 Å². The number of carbonyl (C=O) groups excluding carboxylic acids is 2. The van der Waals surface area contributed by atoms with E-state index in [1.807, 2.05) is 0 Å². The van der Waals surface area contributed by atoms with Crippen LogP contribution in [-0.2, 0) is 4.79 Å². The van der Waals surface area contributed by atoms with Gasteiger partial charge in [0.05, 0.1) is 0 Å². The molecular weight excluding hydrogens is 328 g/mol. The second-order valence-corrected chi connectivity index (χ2v) is 6.63. The molecule has 136 valence electrons. The predicted octanol–water partition coefficient (Wildman–Crippen LogP) is 1.78. The highest BCUT2D eigenvalue weighted by Crippen LogP contribution is 2.25. The zero-order valence-electron chi connectivity index (χ0n) is 14.1. The first-order valence-corrected chi connectivity index (χ1v) is 8.81. The van der Waals surface area contributed by atoms with Crippen molar-refractivity contribution in [1.82, 2.24) is 15.1 Å². The highest BCUT2D eigenvalue weighted by Gasteiger charge is 2.31. The molecule has 1 aromatic rings. The Hall–Kier alpha value is -2.02. The molecule has 1 aliphatic heterocycles. The third-order valence-electron chi connectivity index (χ3n) is 4.97. The summed E-state index contributed by atoms with van der Waals surface area (Å²) in [6.07, 6.45) is 3.69. The summed E-state index contributed by atoms with van der Waals surface area (Å²) in [5.41, 5.74) is 0.0823. The van der Waals surface area contributed by atoms with E-state index >= 15 is 0 Å². The van der Waals surface area contributed by atoms with Gasteiger partial charge < -0.3 is 15.1 Å². The van der Waals surface area contributed by atoms with Crippen molar-refractivity contribution in [2.24, 2.45) is 0 Å². The minimum atomic E-state index is -1.05. The Morgan fingerprint density at radius 2 is 1.80 bits per heavy atom. The van der Waals surface area contributed by atoms with Crippen LogP contribution in [0.1, 0.15) is 36.0 Å². The number of halogens is 2. The number of rotatable bonds is 4. The fourth-order valence-corrected chi connectivity index (χ4v) is 3.54. The second kappa shape index (κ2) is 7.91. The zero-order chi connectivity index (χ0) is 17.8. The normalized spacial score (nSPS) is 18.4. The molecule has 7 heteroatoms. The number of carbonyl (C=O) groups is 2. The molecular formula is C18H23F2N3O2. The van der Waals surface area contributed by atoms with Crippen molar-refractivity contribution in [2.45, 2.75) is 31.7 Å². The minimum Gasteiger partial charge on any atom is -0.339 e. The zero-order valence-corrected chi connectivity index (χ0v) is 14.1. The molecule has 1 saturated carbocycles. The van der Waals surface area contributed by atoms with Crippen molar-refractivity contribution in [3.8, 4) is 0 Å². The van der Waals surface area contributed by atoms with Crippen LogP contribution in [0.4, 0.5) is 8.78 Å². The quantitative estimate of drug-likeness (QED) is 0.900. The van der Waals surface area contributed by atoms with E-state index in [0.29, 0.717) is 13.1 Å². The second-order valence-electron chi connectivity index (χ2n) is 6.63. The lowest BCUT2D eigenvalue weighted by Crippen LogP contribution is -2.52. The van der Waals surface area contributed by atoms with Crippen LogP contribution < -0.4 is 5.32 Å². The molecule has 1 heterocycles. The Balaban J connectivity index is 1.77. The largest absolute Gasteiger partial charge is 0.339 e. The van der Waals surface area contributed by atoms with Crippen LogP contribution in [0.15, 0.2) is 18.2 Å². The third-order valence-corrected chi connectivity index (χ3v) is 4.97. The highest BCUT2D eigenvalue weighted by atomic mass is 19.2. The minimum absolute atomic E-state index is 0.0114. The van der Waals surface area contributed by atoms with Gasteiger partial charge >= 0.3 is 0 Å². The molecule has 1 aromatic carbocycles. The van der Waals surface area contributed by atoms with Crippen LogP contribution in [0.25, 0.3) is 0 Å². The average molecular weight is 351 g/mol. The van der Waals surface area contributed by atoms with E-state index in [2.05, 4.69) is 5.32 Å². The molecule has 0 radical (unpaired) electrons. The number of hydrogen-bond donors (Lipinski definition) is 1. The maximum Gasteiger partial charge on any atom is 0.254 e. The summed E-state index contributed by atoms with van der Waals surface area (Å²) in [5, 5.41) is 3.19. The van der Waals surface area contributed by atoms with E-state index in [4.69, 9.17) is 0 Å². The molecule has 2 fully saturated rings. The van der Waals surface area contributed by atoms with Crippen LogP contribution in [0.2, 0.25) is 0 Å². The maximum atomic E-state index is 13.5. The summed E-state index contributed by atoms with van der Waals surface area (Å²) in [6, 6.07) is 3.12. The van der Waals surface area contributed by atoms with Crippen molar-refractivity contribution in [3.05, 3.63) is 35.4 Å². The van der Waals surface area contributed by atoms with Crippen LogP contribution >= 0.6 is 0 Å². The molecule has 0 atom stereocenters. The van der Waals surface area contributed by atoms with Gasteiger partial charge in [0.25, 0.3) is 5.91 Å². The summed E-state index contributed by atoms with van der Waals surface area (Å²) in [7, 11) is 0. The molecule has 0 spiro atoms. The summed E-state index contributed by atoms with van der Waals surface area (Å²) >= 11 is 0. The van der Waals surface area contributed by atoms with Crippen molar-refractivity contribution in [2.75, 3.05) is 32.7 Å². The van der Waals surface area contributed by atoms with E-state index in [1.165, 1.54) is 6.07 Å². The van der Waals surface area contributed by atoms with Gasteiger partial charge in [0.2, 0.25) is 5.91 Å². The van der Waals surface area contributed by atoms with Gasteiger partial charge in [-0.2, -0.15) is 0 Å². The van der Waals surface area contributed by atoms with E-state index in [9.17, 15) is 18.4 Å². The molecule has 5 nitrogen and oxygen atoms in total. The fourth-order valence-electron chi connectivity index (χ4n) is 3.54. The van der Waals surface area contributed by atoms with Crippen LogP contribution in [0.3, 0.4) is 0 Å². The lowest BCUT2D eigenvalue weighted by Gasteiger charge is -2.33. The number of piperazine rings is 1. The maximum absolute atomic E-state index is 13.5. The Morgan fingerprint density at radius 3 is 2.44 bits per heavy atom. The summed E-state index contributed by atoms with van der Waals surface area (Å²) in [6.45, 7) is 2.72. The first kappa shape index (κ1) is 17.8. The van der Waals surface area contributed by atoms with Crippen molar-refractivity contribution < 1.29 is 18.4 Å². The highest BCUT2D eigenvalue weighted by molar-refractivity contribution is 5.96. The molecule has 0 aromatic heterocycles. The average Bonchev–Trinajstić information content (AvgIpc) is 3.16. The number of amides is 2. The van der Waals surface area contributed by atoms with Crippen molar-refractivity contribution in [1.29, 1.82) is 0 Å². The number of nitrogens with zero attached hydrogens (tertiary/aromatic N) is 2.